The van der Waals surface area contributed by atoms with E-state index in [1.807, 2.05) is 32.0 Å². The highest BCUT2D eigenvalue weighted by molar-refractivity contribution is 6.00. The lowest BCUT2D eigenvalue weighted by molar-refractivity contribution is -0.145. The van der Waals surface area contributed by atoms with Crippen molar-refractivity contribution in [3.63, 3.8) is 0 Å². The summed E-state index contributed by atoms with van der Waals surface area (Å²) in [5.41, 5.74) is 3.76. The molecule has 11 heteroatoms. The molecule has 0 unspecified atom stereocenters. The molecule has 0 saturated carbocycles. The third-order valence-electron chi connectivity index (χ3n) is 5.28. The molecular formula is C26H31N5O6. The summed E-state index contributed by atoms with van der Waals surface area (Å²) in [6.45, 7) is 4.01. The number of ether oxygens (including phenoxy) is 2. The van der Waals surface area contributed by atoms with Crippen molar-refractivity contribution in [2.75, 3.05) is 30.8 Å². The minimum atomic E-state index is -0.628. The lowest BCUT2D eigenvalue weighted by Crippen LogP contribution is -2.32. The van der Waals surface area contributed by atoms with Crippen LogP contribution in [0, 0.1) is 6.92 Å². The van der Waals surface area contributed by atoms with Gasteiger partial charge in [0, 0.05) is 23.5 Å². The Morgan fingerprint density at radius 1 is 1.08 bits per heavy atom. The van der Waals surface area contributed by atoms with E-state index in [0.29, 0.717) is 23.6 Å². The second-order valence-corrected chi connectivity index (χ2v) is 8.18. The molecule has 0 aliphatic rings. The van der Waals surface area contributed by atoms with Crippen LogP contribution in [0.15, 0.2) is 59.5 Å². The van der Waals surface area contributed by atoms with Crippen LogP contribution in [-0.4, -0.2) is 49.4 Å². The molecule has 0 fully saturated rings. The van der Waals surface area contributed by atoms with Crippen molar-refractivity contribution < 1.29 is 28.3 Å². The number of amides is 3. The van der Waals surface area contributed by atoms with Crippen molar-refractivity contribution in [3.8, 4) is 11.3 Å². The molecule has 2 aromatic carbocycles. The average molecular weight is 510 g/mol. The van der Waals surface area contributed by atoms with Gasteiger partial charge in [-0.05, 0) is 61.9 Å². The second kappa shape index (κ2) is 13.6. The number of carbonyl (C=O) groups is 3. The number of alkyl carbamates (subject to hydrolysis) is 1. The zero-order valence-corrected chi connectivity index (χ0v) is 21.0. The fraction of sp³-hybridized carbons (Fsp3) is 0.308. The Kier molecular flexibility index (Phi) is 10.0. The SMILES string of the molecule is CC[C@H](COC(=O)CNC)OC(=O)NCc1cccc(NC(=O)Nc2ccc(-c3cnco3)c(C)c2)c1. The first kappa shape index (κ1) is 27.2. The van der Waals surface area contributed by atoms with Crippen molar-refractivity contribution in [2.24, 2.45) is 0 Å². The summed E-state index contributed by atoms with van der Waals surface area (Å²) in [7, 11) is 1.64. The van der Waals surface area contributed by atoms with Gasteiger partial charge in [-0.2, -0.15) is 0 Å². The number of carbonyl (C=O) groups excluding carboxylic acids is 3. The Bertz CT molecular complexity index is 1200. The summed E-state index contributed by atoms with van der Waals surface area (Å²) in [5.74, 6) is 0.234. The molecule has 3 amide bonds. The molecule has 1 heterocycles. The Morgan fingerprint density at radius 3 is 2.54 bits per heavy atom. The zero-order valence-electron chi connectivity index (χ0n) is 21.0. The standard InChI is InChI=1S/C26H31N5O6/c1-4-21(15-35-24(32)14-27-3)37-26(34)29-12-18-6-5-7-19(11-18)30-25(33)31-20-8-9-22(17(2)10-20)23-13-28-16-36-23/h5-11,13,16,21,27H,4,12,14-15H2,1-3H3,(H,29,34)(H2,30,31,33)/t21-/m1/s1. The number of urea groups is 1. The van der Waals surface area contributed by atoms with Crippen molar-refractivity contribution in [1.29, 1.82) is 0 Å². The number of anilines is 2. The highest BCUT2D eigenvalue weighted by Crippen LogP contribution is 2.25. The van der Waals surface area contributed by atoms with Gasteiger partial charge in [-0.25, -0.2) is 14.6 Å². The maximum Gasteiger partial charge on any atom is 0.407 e. The first-order valence-corrected chi connectivity index (χ1v) is 11.8. The molecule has 0 aliphatic carbocycles. The van der Waals surface area contributed by atoms with Crippen LogP contribution in [0.3, 0.4) is 0 Å². The number of esters is 1. The summed E-state index contributed by atoms with van der Waals surface area (Å²) in [6.07, 6.45) is 2.32. The van der Waals surface area contributed by atoms with Crippen LogP contribution in [0.2, 0.25) is 0 Å². The van der Waals surface area contributed by atoms with E-state index in [9.17, 15) is 14.4 Å². The molecule has 0 aliphatic heterocycles. The molecular weight excluding hydrogens is 478 g/mol. The number of oxazole rings is 1. The van der Waals surface area contributed by atoms with Gasteiger partial charge >= 0.3 is 18.1 Å². The van der Waals surface area contributed by atoms with Crippen LogP contribution in [0.4, 0.5) is 21.0 Å². The summed E-state index contributed by atoms with van der Waals surface area (Å²) >= 11 is 0. The number of rotatable bonds is 11. The quantitative estimate of drug-likeness (QED) is 0.283. The van der Waals surface area contributed by atoms with Crippen LogP contribution in [0.25, 0.3) is 11.3 Å². The highest BCUT2D eigenvalue weighted by Gasteiger charge is 2.15. The molecule has 0 spiro atoms. The molecule has 1 atom stereocenters. The molecule has 3 aromatic rings. The van der Waals surface area contributed by atoms with E-state index in [1.165, 1.54) is 6.39 Å². The molecule has 0 bridgehead atoms. The van der Waals surface area contributed by atoms with Crippen molar-refractivity contribution in [2.45, 2.75) is 32.9 Å². The number of aromatic nitrogens is 1. The fourth-order valence-corrected chi connectivity index (χ4v) is 3.40. The molecule has 0 radical (unpaired) electrons. The van der Waals surface area contributed by atoms with E-state index in [1.54, 1.807) is 37.5 Å². The molecule has 196 valence electrons. The molecule has 0 saturated heterocycles. The van der Waals surface area contributed by atoms with Crippen LogP contribution in [0.1, 0.15) is 24.5 Å². The Labute approximate surface area is 214 Å². The number of nitrogens with zero attached hydrogens (tertiary/aromatic N) is 1. The van der Waals surface area contributed by atoms with Gasteiger partial charge in [0.1, 0.15) is 12.7 Å². The predicted octanol–water partition coefficient (Wildman–Crippen LogP) is 4.06. The third-order valence-corrected chi connectivity index (χ3v) is 5.28. The summed E-state index contributed by atoms with van der Waals surface area (Å²) < 4.78 is 15.7. The minimum Gasteiger partial charge on any atom is -0.461 e. The molecule has 37 heavy (non-hydrogen) atoms. The number of likely N-dealkylation sites (N-methyl/N-ethyl adjacent to an activating group) is 1. The Hall–Kier alpha value is -4.38. The van der Waals surface area contributed by atoms with Crippen molar-refractivity contribution in [3.05, 3.63) is 66.2 Å². The number of aryl methyl sites for hydroxylation is 1. The zero-order chi connectivity index (χ0) is 26.6. The first-order valence-electron chi connectivity index (χ1n) is 11.8. The molecule has 1 aromatic heterocycles. The topological polar surface area (TPSA) is 144 Å². The van der Waals surface area contributed by atoms with Gasteiger partial charge in [0.05, 0.1) is 12.7 Å². The van der Waals surface area contributed by atoms with Gasteiger partial charge in [0.25, 0.3) is 0 Å². The molecule has 4 N–H and O–H groups in total. The van der Waals surface area contributed by atoms with E-state index in [2.05, 4.69) is 26.3 Å². The van der Waals surface area contributed by atoms with Gasteiger partial charge in [-0.15, -0.1) is 0 Å². The number of hydrogen-bond donors (Lipinski definition) is 4. The summed E-state index contributed by atoms with van der Waals surface area (Å²) in [6, 6.07) is 12.1. The monoisotopic (exact) mass is 509 g/mol. The average Bonchev–Trinajstić information content (AvgIpc) is 3.40. The molecule has 3 rings (SSSR count). The predicted molar refractivity (Wildman–Crippen MR) is 138 cm³/mol. The fourth-order valence-electron chi connectivity index (χ4n) is 3.40. The normalized spacial score (nSPS) is 11.3. The van der Waals surface area contributed by atoms with Crippen LogP contribution < -0.4 is 21.3 Å². The van der Waals surface area contributed by atoms with Crippen LogP contribution in [-0.2, 0) is 20.8 Å². The second-order valence-electron chi connectivity index (χ2n) is 8.18. The minimum absolute atomic E-state index is 0.0126. The van der Waals surface area contributed by atoms with Gasteiger partial charge < -0.3 is 35.2 Å². The van der Waals surface area contributed by atoms with E-state index in [0.717, 1.165) is 16.7 Å². The van der Waals surface area contributed by atoms with Crippen molar-refractivity contribution in [1.82, 2.24) is 15.6 Å². The largest absolute Gasteiger partial charge is 0.461 e. The van der Waals surface area contributed by atoms with Gasteiger partial charge in [-0.3, -0.25) is 4.79 Å². The lowest BCUT2D eigenvalue weighted by Gasteiger charge is -2.17. The first-order chi connectivity index (χ1) is 17.9. The molecule has 11 nitrogen and oxygen atoms in total. The third kappa shape index (κ3) is 8.65. The van der Waals surface area contributed by atoms with Crippen LogP contribution in [0.5, 0.6) is 0 Å². The van der Waals surface area contributed by atoms with Gasteiger partial charge in [-0.1, -0.05) is 19.1 Å². The van der Waals surface area contributed by atoms with E-state index in [4.69, 9.17) is 13.9 Å². The van der Waals surface area contributed by atoms with Gasteiger partial charge in [0.15, 0.2) is 12.2 Å². The maximum atomic E-state index is 12.5. The number of nitrogens with one attached hydrogen (secondary N) is 4. The van der Waals surface area contributed by atoms with E-state index in [-0.39, 0.29) is 19.7 Å². The van der Waals surface area contributed by atoms with E-state index >= 15 is 0 Å². The van der Waals surface area contributed by atoms with Crippen molar-refractivity contribution >= 4 is 29.5 Å². The Morgan fingerprint density at radius 2 is 1.86 bits per heavy atom. The van der Waals surface area contributed by atoms with Gasteiger partial charge in [0.2, 0.25) is 0 Å². The summed E-state index contributed by atoms with van der Waals surface area (Å²) in [5, 5.41) is 10.9. The Balaban J connectivity index is 1.48. The highest BCUT2D eigenvalue weighted by atomic mass is 16.6. The summed E-state index contributed by atoms with van der Waals surface area (Å²) in [4.78, 5) is 40.1. The lowest BCUT2D eigenvalue weighted by atomic mass is 10.1. The van der Waals surface area contributed by atoms with E-state index < -0.39 is 24.2 Å². The maximum absolute atomic E-state index is 12.5. The number of benzene rings is 2. The number of hydrogen-bond acceptors (Lipinski definition) is 8. The smallest absolute Gasteiger partial charge is 0.407 e. The van der Waals surface area contributed by atoms with Crippen LogP contribution >= 0.6 is 0 Å².